The van der Waals surface area contributed by atoms with E-state index >= 15 is 0 Å². The number of piperidine rings is 1. The zero-order valence-electron chi connectivity index (χ0n) is 10.7. The van der Waals surface area contributed by atoms with Crippen molar-refractivity contribution in [3.63, 3.8) is 0 Å². The Morgan fingerprint density at radius 2 is 2.11 bits per heavy atom. The predicted octanol–water partition coefficient (Wildman–Crippen LogP) is 2.62. The molecule has 2 aliphatic rings. The molecule has 2 atom stereocenters. The van der Waals surface area contributed by atoms with Crippen LogP contribution >= 0.6 is 36.4 Å². The van der Waals surface area contributed by atoms with Crippen molar-refractivity contribution in [2.45, 2.75) is 13.0 Å². The molecule has 2 fully saturated rings. The lowest BCUT2D eigenvalue weighted by Crippen LogP contribution is -2.39. The fraction of sp³-hybridized carbons (Fsp3) is 0.615. The molecule has 0 amide bonds. The summed E-state index contributed by atoms with van der Waals surface area (Å²) in [6.07, 6.45) is 4.88. The topological polar surface area (TPSA) is 28.2 Å². The summed E-state index contributed by atoms with van der Waals surface area (Å²) < 4.78 is 0. The second-order valence-corrected chi connectivity index (χ2v) is 5.58. The van der Waals surface area contributed by atoms with Crippen LogP contribution in [0.5, 0.6) is 0 Å². The first-order valence-electron chi connectivity index (χ1n) is 6.34. The van der Waals surface area contributed by atoms with E-state index in [0.717, 1.165) is 23.4 Å². The number of nitrogens with one attached hydrogen (secondary N) is 1. The predicted molar refractivity (Wildman–Crippen MR) is 83.5 cm³/mol. The molecule has 6 heteroatoms. The molecule has 0 aliphatic carbocycles. The molecule has 1 aromatic rings. The Bertz CT molecular complexity index is 402. The minimum absolute atomic E-state index is 0. The Kier molecular flexibility index (Phi) is 6.84. The van der Waals surface area contributed by atoms with Gasteiger partial charge < -0.3 is 5.32 Å². The number of likely N-dealkylation sites (tertiary alicyclic amines) is 1. The number of nitrogens with zero attached hydrogens (tertiary/aromatic N) is 2. The molecule has 0 saturated carbocycles. The van der Waals surface area contributed by atoms with Crippen LogP contribution in [-0.2, 0) is 6.54 Å². The number of hydrogen-bond donors (Lipinski definition) is 1. The maximum absolute atomic E-state index is 6.15. The molecule has 3 heterocycles. The van der Waals surface area contributed by atoms with Gasteiger partial charge in [0.05, 0.1) is 5.02 Å². The summed E-state index contributed by atoms with van der Waals surface area (Å²) in [7, 11) is 0. The van der Waals surface area contributed by atoms with Crippen molar-refractivity contribution < 1.29 is 0 Å². The Hall–Kier alpha value is -0.0600. The molecule has 0 bridgehead atoms. The van der Waals surface area contributed by atoms with Crippen LogP contribution in [0.2, 0.25) is 5.02 Å². The SMILES string of the molecule is Cl.Cl.Clc1cnccc1CN1CCC2CNCC2C1. The molecule has 2 aliphatic heterocycles. The molecule has 2 unspecified atom stereocenters. The van der Waals surface area contributed by atoms with Crippen LogP contribution < -0.4 is 5.32 Å². The zero-order valence-corrected chi connectivity index (χ0v) is 13.1. The Balaban J connectivity index is 0.000000902. The van der Waals surface area contributed by atoms with E-state index in [1.165, 1.54) is 38.2 Å². The zero-order chi connectivity index (χ0) is 11.7. The summed E-state index contributed by atoms with van der Waals surface area (Å²) in [5.74, 6) is 1.74. The molecule has 3 rings (SSSR count). The van der Waals surface area contributed by atoms with E-state index in [0.29, 0.717) is 0 Å². The first-order valence-corrected chi connectivity index (χ1v) is 6.72. The van der Waals surface area contributed by atoms with Gasteiger partial charge in [0.15, 0.2) is 0 Å². The van der Waals surface area contributed by atoms with Crippen molar-refractivity contribution in [3.05, 3.63) is 29.0 Å². The van der Waals surface area contributed by atoms with Gasteiger partial charge >= 0.3 is 0 Å². The summed E-state index contributed by atoms with van der Waals surface area (Å²) >= 11 is 6.15. The number of hydrogen-bond acceptors (Lipinski definition) is 3. The average Bonchev–Trinajstić information content (AvgIpc) is 2.79. The molecule has 0 aromatic carbocycles. The minimum atomic E-state index is 0. The molecule has 19 heavy (non-hydrogen) atoms. The highest BCUT2D eigenvalue weighted by atomic mass is 35.5. The van der Waals surface area contributed by atoms with Gasteiger partial charge in [0.2, 0.25) is 0 Å². The van der Waals surface area contributed by atoms with Gasteiger partial charge in [-0.3, -0.25) is 9.88 Å². The van der Waals surface area contributed by atoms with Crippen molar-refractivity contribution in [2.75, 3.05) is 26.2 Å². The van der Waals surface area contributed by atoms with E-state index in [9.17, 15) is 0 Å². The second-order valence-electron chi connectivity index (χ2n) is 5.17. The van der Waals surface area contributed by atoms with E-state index in [4.69, 9.17) is 11.6 Å². The molecule has 0 spiro atoms. The number of halogens is 3. The van der Waals surface area contributed by atoms with Crippen LogP contribution in [0, 0.1) is 11.8 Å². The van der Waals surface area contributed by atoms with Crippen molar-refractivity contribution in [1.29, 1.82) is 0 Å². The molecule has 0 radical (unpaired) electrons. The van der Waals surface area contributed by atoms with Gasteiger partial charge in [0.1, 0.15) is 0 Å². The van der Waals surface area contributed by atoms with E-state index in [-0.39, 0.29) is 24.8 Å². The highest BCUT2D eigenvalue weighted by Crippen LogP contribution is 2.28. The smallest absolute Gasteiger partial charge is 0.0634 e. The van der Waals surface area contributed by atoms with Crippen LogP contribution in [0.3, 0.4) is 0 Å². The number of aromatic nitrogens is 1. The van der Waals surface area contributed by atoms with Gasteiger partial charge in [-0.25, -0.2) is 0 Å². The van der Waals surface area contributed by atoms with Crippen molar-refractivity contribution >= 4 is 36.4 Å². The maximum Gasteiger partial charge on any atom is 0.0634 e. The summed E-state index contributed by atoms with van der Waals surface area (Å²) in [5.41, 5.74) is 1.20. The molecule has 1 N–H and O–H groups in total. The highest BCUT2D eigenvalue weighted by Gasteiger charge is 2.32. The monoisotopic (exact) mass is 323 g/mol. The van der Waals surface area contributed by atoms with Crippen LogP contribution in [0.1, 0.15) is 12.0 Å². The van der Waals surface area contributed by atoms with Crippen LogP contribution in [-0.4, -0.2) is 36.1 Å². The van der Waals surface area contributed by atoms with Crippen LogP contribution in [0.15, 0.2) is 18.5 Å². The van der Waals surface area contributed by atoms with Crippen molar-refractivity contribution in [3.8, 4) is 0 Å². The van der Waals surface area contributed by atoms with Crippen molar-refractivity contribution in [2.24, 2.45) is 11.8 Å². The number of rotatable bonds is 2. The number of pyridine rings is 1. The molecule has 3 nitrogen and oxygen atoms in total. The van der Waals surface area contributed by atoms with Gasteiger partial charge in [0.25, 0.3) is 0 Å². The molecule has 2 saturated heterocycles. The third-order valence-electron chi connectivity index (χ3n) is 4.04. The molecular weight excluding hydrogens is 305 g/mol. The lowest BCUT2D eigenvalue weighted by Gasteiger charge is -2.34. The largest absolute Gasteiger partial charge is 0.316 e. The van der Waals surface area contributed by atoms with Gasteiger partial charge in [-0.1, -0.05) is 11.6 Å². The normalized spacial score (nSPS) is 26.2. The van der Waals surface area contributed by atoms with E-state index in [2.05, 4.69) is 15.2 Å². The number of fused-ring (bicyclic) bond motifs is 1. The fourth-order valence-corrected chi connectivity index (χ4v) is 3.21. The quantitative estimate of drug-likeness (QED) is 0.906. The lowest BCUT2D eigenvalue weighted by atomic mass is 9.88. The minimum Gasteiger partial charge on any atom is -0.316 e. The Morgan fingerprint density at radius 3 is 2.89 bits per heavy atom. The van der Waals surface area contributed by atoms with Gasteiger partial charge in [-0.05, 0) is 49.5 Å². The second kappa shape index (κ2) is 7.65. The first kappa shape index (κ1) is 17.0. The molecule has 108 valence electrons. The summed E-state index contributed by atoms with van der Waals surface area (Å²) in [5, 5.41) is 4.29. The van der Waals surface area contributed by atoms with E-state index in [1.54, 1.807) is 6.20 Å². The Labute approximate surface area is 131 Å². The average molecular weight is 325 g/mol. The van der Waals surface area contributed by atoms with Crippen molar-refractivity contribution in [1.82, 2.24) is 15.2 Å². The summed E-state index contributed by atoms with van der Waals surface area (Å²) in [6.45, 7) is 5.77. The molecule has 1 aromatic heterocycles. The molecular formula is C13H20Cl3N3. The standard InChI is InChI=1S/C13H18ClN3.2ClH/c14-13-7-15-3-1-11(13)8-17-4-2-10-5-16-6-12(10)9-17;;/h1,3,7,10,12,16H,2,4-6,8-9H2;2*1H. The lowest BCUT2D eigenvalue weighted by molar-refractivity contribution is 0.142. The van der Waals surface area contributed by atoms with Crippen LogP contribution in [0.4, 0.5) is 0 Å². The maximum atomic E-state index is 6.15. The van der Waals surface area contributed by atoms with Gasteiger partial charge in [-0.2, -0.15) is 0 Å². The third kappa shape index (κ3) is 3.96. The van der Waals surface area contributed by atoms with Crippen LogP contribution in [0.25, 0.3) is 0 Å². The summed E-state index contributed by atoms with van der Waals surface area (Å²) in [4.78, 5) is 6.55. The van der Waals surface area contributed by atoms with Gasteiger partial charge in [0, 0.05) is 25.5 Å². The Morgan fingerprint density at radius 1 is 1.32 bits per heavy atom. The summed E-state index contributed by atoms with van der Waals surface area (Å²) in [6, 6.07) is 2.03. The van der Waals surface area contributed by atoms with E-state index < -0.39 is 0 Å². The van der Waals surface area contributed by atoms with E-state index in [1.807, 2.05) is 12.3 Å². The van der Waals surface area contributed by atoms with Gasteiger partial charge in [-0.15, -0.1) is 24.8 Å². The highest BCUT2D eigenvalue weighted by molar-refractivity contribution is 6.31. The fourth-order valence-electron chi connectivity index (χ4n) is 3.03. The third-order valence-corrected chi connectivity index (χ3v) is 4.38. The first-order chi connectivity index (χ1) is 8.33.